The van der Waals surface area contributed by atoms with Gasteiger partial charge in [0, 0.05) is 11.1 Å². The third kappa shape index (κ3) is 3.97. The minimum Gasteiger partial charge on any atom is -0.494 e. The minimum absolute atomic E-state index is 0.0279. The van der Waals surface area contributed by atoms with Crippen molar-refractivity contribution in [2.45, 2.75) is 24.4 Å². The molecule has 7 nitrogen and oxygen atoms in total. The number of ether oxygens (including phenoxy) is 1. The molecule has 0 fully saturated rings. The molecule has 1 aromatic carbocycles. The Hall–Kier alpha value is -1.16. The standard InChI is InChI=1S/C12H14BrClN4O3S/c1-8(5-18-7-15-6-16-18)17-22(19,20)11-4-9(14)3-10(13)12(11)21-2/h3-4,6-8,17H,5H2,1-2H3. The van der Waals surface area contributed by atoms with Crippen molar-refractivity contribution in [1.82, 2.24) is 19.5 Å². The van der Waals surface area contributed by atoms with Crippen LogP contribution in [0.25, 0.3) is 0 Å². The van der Waals surface area contributed by atoms with Gasteiger partial charge in [0.2, 0.25) is 10.0 Å². The third-order valence-electron chi connectivity index (χ3n) is 2.75. The van der Waals surface area contributed by atoms with Crippen molar-refractivity contribution in [3.8, 4) is 5.75 Å². The average molecular weight is 410 g/mol. The Kier molecular flexibility index (Phi) is 5.43. The molecule has 1 unspecified atom stereocenters. The fraction of sp³-hybridized carbons (Fsp3) is 0.333. The van der Waals surface area contributed by atoms with E-state index in [-0.39, 0.29) is 15.7 Å². The summed E-state index contributed by atoms with van der Waals surface area (Å²) in [5.41, 5.74) is 0. The van der Waals surface area contributed by atoms with E-state index >= 15 is 0 Å². The van der Waals surface area contributed by atoms with Crippen LogP contribution in [0, 0.1) is 0 Å². The summed E-state index contributed by atoms with van der Waals surface area (Å²) in [6.07, 6.45) is 2.90. The lowest BCUT2D eigenvalue weighted by atomic mass is 10.3. The predicted octanol–water partition coefficient (Wildman–Crippen LogP) is 2.07. The second-order valence-corrected chi connectivity index (χ2v) is 7.53. The zero-order valence-corrected chi connectivity index (χ0v) is 15.0. The molecule has 1 aromatic heterocycles. The van der Waals surface area contributed by atoms with Crippen LogP contribution in [0.4, 0.5) is 0 Å². The molecule has 0 aliphatic carbocycles. The first-order valence-electron chi connectivity index (χ1n) is 6.21. The maximum Gasteiger partial charge on any atom is 0.244 e. The second-order valence-electron chi connectivity index (χ2n) is 4.56. The highest BCUT2D eigenvalue weighted by atomic mass is 79.9. The molecule has 22 heavy (non-hydrogen) atoms. The lowest BCUT2D eigenvalue weighted by Crippen LogP contribution is -2.36. The molecule has 0 saturated heterocycles. The summed E-state index contributed by atoms with van der Waals surface area (Å²) in [5, 5.41) is 4.23. The maximum atomic E-state index is 12.5. The van der Waals surface area contributed by atoms with Gasteiger partial charge in [0.05, 0.1) is 18.1 Å². The summed E-state index contributed by atoms with van der Waals surface area (Å²) in [6, 6.07) is 2.52. The Morgan fingerprint density at radius 3 is 2.82 bits per heavy atom. The number of methoxy groups -OCH3 is 1. The summed E-state index contributed by atoms with van der Waals surface area (Å²) >= 11 is 9.18. The molecule has 0 aliphatic rings. The van der Waals surface area contributed by atoms with E-state index in [1.54, 1.807) is 13.0 Å². The van der Waals surface area contributed by atoms with E-state index in [1.165, 1.54) is 30.5 Å². The van der Waals surface area contributed by atoms with Crippen LogP contribution >= 0.6 is 27.5 Å². The second kappa shape index (κ2) is 6.95. The van der Waals surface area contributed by atoms with Crippen molar-refractivity contribution in [3.63, 3.8) is 0 Å². The molecule has 0 aliphatic heterocycles. The van der Waals surface area contributed by atoms with Gasteiger partial charge in [0.15, 0.2) is 5.75 Å². The fourth-order valence-electron chi connectivity index (χ4n) is 1.91. The first kappa shape index (κ1) is 17.2. The van der Waals surface area contributed by atoms with E-state index in [9.17, 15) is 8.42 Å². The van der Waals surface area contributed by atoms with Crippen LogP contribution in [0.15, 0.2) is 34.2 Å². The van der Waals surface area contributed by atoms with E-state index in [4.69, 9.17) is 16.3 Å². The van der Waals surface area contributed by atoms with Crippen LogP contribution in [0.2, 0.25) is 5.02 Å². The normalized spacial score (nSPS) is 13.1. The Bertz CT molecular complexity index is 752. The number of halogens is 2. The van der Waals surface area contributed by atoms with Gasteiger partial charge in [-0.3, -0.25) is 4.68 Å². The van der Waals surface area contributed by atoms with Gasteiger partial charge < -0.3 is 4.74 Å². The molecule has 0 spiro atoms. The van der Waals surface area contributed by atoms with E-state index in [0.29, 0.717) is 11.0 Å². The van der Waals surface area contributed by atoms with Crippen molar-refractivity contribution < 1.29 is 13.2 Å². The largest absolute Gasteiger partial charge is 0.494 e. The topological polar surface area (TPSA) is 86.1 Å². The highest BCUT2D eigenvalue weighted by Gasteiger charge is 2.24. The SMILES string of the molecule is COc1c(Br)cc(Cl)cc1S(=O)(=O)NC(C)Cn1cncn1. The van der Waals surface area contributed by atoms with Gasteiger partial charge in [-0.15, -0.1) is 0 Å². The maximum absolute atomic E-state index is 12.5. The molecular formula is C12H14BrClN4O3S. The fourth-order valence-corrected chi connectivity index (χ4v) is 4.53. The van der Waals surface area contributed by atoms with E-state index in [0.717, 1.165) is 0 Å². The average Bonchev–Trinajstić information content (AvgIpc) is 2.89. The Morgan fingerprint density at radius 2 is 2.23 bits per heavy atom. The van der Waals surface area contributed by atoms with Gasteiger partial charge in [0.25, 0.3) is 0 Å². The van der Waals surface area contributed by atoms with Crippen molar-refractivity contribution in [3.05, 3.63) is 34.3 Å². The monoisotopic (exact) mass is 408 g/mol. The first-order valence-corrected chi connectivity index (χ1v) is 8.86. The number of rotatable bonds is 6. The Labute approximate surface area is 141 Å². The smallest absolute Gasteiger partial charge is 0.244 e. The van der Waals surface area contributed by atoms with Gasteiger partial charge in [0.1, 0.15) is 17.6 Å². The third-order valence-corrected chi connectivity index (χ3v) is 5.15. The van der Waals surface area contributed by atoms with Gasteiger partial charge in [-0.05, 0) is 35.0 Å². The summed E-state index contributed by atoms with van der Waals surface area (Å²) < 4.78 is 34.8. The van der Waals surface area contributed by atoms with Crippen LogP contribution < -0.4 is 9.46 Å². The number of hydrogen-bond acceptors (Lipinski definition) is 5. The van der Waals surface area contributed by atoms with Crippen LogP contribution in [0.3, 0.4) is 0 Å². The Morgan fingerprint density at radius 1 is 1.50 bits per heavy atom. The van der Waals surface area contributed by atoms with E-state index < -0.39 is 16.1 Å². The zero-order valence-electron chi connectivity index (χ0n) is 11.8. The van der Waals surface area contributed by atoms with Gasteiger partial charge in [-0.2, -0.15) is 5.10 Å². The molecule has 0 amide bonds. The van der Waals surface area contributed by atoms with Crippen molar-refractivity contribution in [1.29, 1.82) is 0 Å². The van der Waals surface area contributed by atoms with Crippen LogP contribution in [0.5, 0.6) is 5.75 Å². The van der Waals surface area contributed by atoms with E-state index in [1.807, 2.05) is 0 Å². The zero-order chi connectivity index (χ0) is 16.3. The lowest BCUT2D eigenvalue weighted by molar-refractivity contribution is 0.399. The molecule has 1 heterocycles. The lowest BCUT2D eigenvalue weighted by Gasteiger charge is -2.16. The van der Waals surface area contributed by atoms with Crippen LogP contribution in [0.1, 0.15) is 6.92 Å². The van der Waals surface area contributed by atoms with Gasteiger partial charge in [-0.25, -0.2) is 18.1 Å². The van der Waals surface area contributed by atoms with Crippen molar-refractivity contribution >= 4 is 37.6 Å². The number of hydrogen-bond donors (Lipinski definition) is 1. The van der Waals surface area contributed by atoms with Crippen LogP contribution in [-0.4, -0.2) is 36.3 Å². The molecule has 0 saturated carbocycles. The highest BCUT2D eigenvalue weighted by molar-refractivity contribution is 9.10. The summed E-state index contributed by atoms with van der Waals surface area (Å²) in [7, 11) is -2.41. The molecular weight excluding hydrogens is 396 g/mol. The molecule has 0 radical (unpaired) electrons. The van der Waals surface area contributed by atoms with Crippen molar-refractivity contribution in [2.75, 3.05) is 7.11 Å². The minimum atomic E-state index is -3.80. The number of aromatic nitrogens is 3. The number of nitrogens with one attached hydrogen (secondary N) is 1. The predicted molar refractivity (Wildman–Crippen MR) is 85.5 cm³/mol. The molecule has 120 valence electrons. The number of sulfonamides is 1. The summed E-state index contributed by atoms with van der Waals surface area (Å²) in [4.78, 5) is 3.78. The molecule has 10 heteroatoms. The van der Waals surface area contributed by atoms with Crippen molar-refractivity contribution in [2.24, 2.45) is 0 Å². The number of benzene rings is 1. The summed E-state index contributed by atoms with van der Waals surface area (Å²) in [5.74, 6) is 0.199. The first-order chi connectivity index (χ1) is 10.3. The molecule has 1 N–H and O–H groups in total. The molecule has 1 atom stereocenters. The molecule has 2 rings (SSSR count). The Balaban J connectivity index is 2.27. The van der Waals surface area contributed by atoms with Crippen LogP contribution in [-0.2, 0) is 16.6 Å². The highest BCUT2D eigenvalue weighted by Crippen LogP contribution is 2.35. The van der Waals surface area contributed by atoms with E-state index in [2.05, 4.69) is 30.7 Å². The number of nitrogens with zero attached hydrogens (tertiary/aromatic N) is 3. The van der Waals surface area contributed by atoms with Gasteiger partial charge in [-0.1, -0.05) is 11.6 Å². The quantitative estimate of drug-likeness (QED) is 0.789. The molecule has 0 bridgehead atoms. The summed E-state index contributed by atoms with van der Waals surface area (Å²) in [6.45, 7) is 2.08. The molecule has 2 aromatic rings. The van der Waals surface area contributed by atoms with Gasteiger partial charge >= 0.3 is 0 Å².